The number of hydrogen-bond donors (Lipinski definition) is 2. The highest BCUT2D eigenvalue weighted by atomic mass is 16.3. The summed E-state index contributed by atoms with van der Waals surface area (Å²) in [5.41, 5.74) is 0.371. The zero-order valence-electron chi connectivity index (χ0n) is 11.6. The first-order chi connectivity index (χ1) is 9.77. The highest BCUT2D eigenvalue weighted by Gasteiger charge is 2.36. The molecule has 0 bridgehead atoms. The number of nitrogens with one attached hydrogen (secondary N) is 1. The third-order valence-corrected chi connectivity index (χ3v) is 4.47. The van der Waals surface area contributed by atoms with Crippen molar-refractivity contribution in [3.8, 4) is 5.75 Å². The van der Waals surface area contributed by atoms with Crippen LogP contribution in [0.5, 0.6) is 5.75 Å². The first-order valence-corrected chi connectivity index (χ1v) is 7.42. The van der Waals surface area contributed by atoms with Gasteiger partial charge in [-0.2, -0.15) is 0 Å². The van der Waals surface area contributed by atoms with Crippen LogP contribution in [-0.4, -0.2) is 46.6 Å². The lowest BCUT2D eigenvalue weighted by molar-refractivity contribution is 0.0667. The summed E-state index contributed by atoms with van der Waals surface area (Å²) >= 11 is 0. The number of likely N-dealkylation sites (tertiary alicyclic amines) is 1. The Balaban J connectivity index is 1.78. The molecule has 1 aromatic heterocycles. The van der Waals surface area contributed by atoms with Gasteiger partial charge < -0.3 is 15.3 Å². The molecule has 2 fully saturated rings. The highest BCUT2D eigenvalue weighted by molar-refractivity contribution is 5.97. The van der Waals surface area contributed by atoms with Crippen molar-refractivity contribution in [3.63, 3.8) is 0 Å². The van der Waals surface area contributed by atoms with Gasteiger partial charge in [0, 0.05) is 18.8 Å². The minimum Gasteiger partial charge on any atom is -0.505 e. The lowest BCUT2D eigenvalue weighted by Crippen LogP contribution is -2.45. The quantitative estimate of drug-likeness (QED) is 0.856. The number of carbonyl (C=O) groups is 1. The Hall–Kier alpha value is -1.62. The molecule has 2 aliphatic heterocycles. The minimum atomic E-state index is -0.0574. The van der Waals surface area contributed by atoms with Gasteiger partial charge in [0.1, 0.15) is 5.75 Å². The molecular weight excluding hydrogens is 254 g/mol. The van der Waals surface area contributed by atoms with Gasteiger partial charge in [0.2, 0.25) is 0 Å². The molecular formula is C15H21N3O2. The fourth-order valence-electron chi connectivity index (χ4n) is 3.46. The number of carbonyl (C=O) groups excluding carboxylic acids is 1. The summed E-state index contributed by atoms with van der Waals surface area (Å²) in [4.78, 5) is 18.4. The number of rotatable bonds is 2. The number of aromatic hydroxyl groups is 1. The minimum absolute atomic E-state index is 0.0232. The van der Waals surface area contributed by atoms with Crippen molar-refractivity contribution in [2.75, 3.05) is 19.6 Å². The molecule has 1 aromatic rings. The van der Waals surface area contributed by atoms with E-state index in [1.807, 2.05) is 4.90 Å². The van der Waals surface area contributed by atoms with E-state index in [0.29, 0.717) is 17.5 Å². The van der Waals surface area contributed by atoms with E-state index < -0.39 is 0 Å². The Morgan fingerprint density at radius 2 is 2.30 bits per heavy atom. The molecule has 20 heavy (non-hydrogen) atoms. The number of pyridine rings is 1. The Morgan fingerprint density at radius 3 is 3.05 bits per heavy atom. The highest BCUT2D eigenvalue weighted by Crippen LogP contribution is 2.30. The van der Waals surface area contributed by atoms with E-state index in [4.69, 9.17) is 0 Å². The van der Waals surface area contributed by atoms with Crippen LogP contribution >= 0.6 is 0 Å². The van der Waals surface area contributed by atoms with Gasteiger partial charge in [-0.15, -0.1) is 0 Å². The average molecular weight is 275 g/mol. The average Bonchev–Trinajstić information content (AvgIpc) is 2.97. The van der Waals surface area contributed by atoms with Crippen molar-refractivity contribution in [1.29, 1.82) is 0 Å². The van der Waals surface area contributed by atoms with Crippen LogP contribution in [0.2, 0.25) is 0 Å². The summed E-state index contributed by atoms with van der Waals surface area (Å²) in [6.07, 6.45) is 7.39. The number of piperidine rings is 1. The first kappa shape index (κ1) is 13.4. The maximum Gasteiger partial charge on any atom is 0.257 e. The molecule has 0 aromatic carbocycles. The first-order valence-electron chi connectivity index (χ1n) is 7.42. The molecule has 0 spiro atoms. The van der Waals surface area contributed by atoms with Crippen molar-refractivity contribution in [3.05, 3.63) is 24.0 Å². The van der Waals surface area contributed by atoms with Crippen molar-refractivity contribution in [2.45, 2.75) is 31.7 Å². The molecule has 2 N–H and O–H groups in total. The van der Waals surface area contributed by atoms with Crippen LogP contribution in [0.1, 0.15) is 36.0 Å². The monoisotopic (exact) mass is 275 g/mol. The summed E-state index contributed by atoms with van der Waals surface area (Å²) in [5.74, 6) is 0.460. The van der Waals surface area contributed by atoms with Gasteiger partial charge in [-0.05, 0) is 50.8 Å². The van der Waals surface area contributed by atoms with Crippen LogP contribution in [0.4, 0.5) is 0 Å². The van der Waals surface area contributed by atoms with Gasteiger partial charge in [0.25, 0.3) is 5.91 Å². The lowest BCUT2D eigenvalue weighted by Gasteiger charge is -2.34. The second kappa shape index (κ2) is 5.79. The van der Waals surface area contributed by atoms with Crippen LogP contribution in [0.25, 0.3) is 0 Å². The Labute approximate surface area is 119 Å². The van der Waals surface area contributed by atoms with E-state index in [1.54, 1.807) is 12.3 Å². The second-order valence-corrected chi connectivity index (χ2v) is 5.71. The van der Waals surface area contributed by atoms with E-state index >= 15 is 0 Å². The van der Waals surface area contributed by atoms with E-state index in [0.717, 1.165) is 32.5 Å². The number of hydrogen-bond acceptors (Lipinski definition) is 4. The molecule has 2 unspecified atom stereocenters. The van der Waals surface area contributed by atoms with Gasteiger partial charge in [-0.3, -0.25) is 9.78 Å². The summed E-state index contributed by atoms with van der Waals surface area (Å²) in [6, 6.07) is 1.91. The second-order valence-electron chi connectivity index (χ2n) is 5.71. The van der Waals surface area contributed by atoms with Gasteiger partial charge in [-0.1, -0.05) is 0 Å². The van der Waals surface area contributed by atoms with Crippen molar-refractivity contribution >= 4 is 5.91 Å². The third-order valence-electron chi connectivity index (χ3n) is 4.47. The summed E-state index contributed by atoms with van der Waals surface area (Å²) < 4.78 is 0. The Bertz CT molecular complexity index is 486. The predicted octanol–water partition coefficient (Wildman–Crippen LogP) is 1.39. The van der Waals surface area contributed by atoms with Crippen LogP contribution in [0.3, 0.4) is 0 Å². The van der Waals surface area contributed by atoms with E-state index in [2.05, 4.69) is 10.3 Å². The lowest BCUT2D eigenvalue weighted by atomic mass is 9.90. The largest absolute Gasteiger partial charge is 0.505 e. The van der Waals surface area contributed by atoms with Gasteiger partial charge in [0.15, 0.2) is 0 Å². The molecule has 1 amide bonds. The van der Waals surface area contributed by atoms with Crippen molar-refractivity contribution in [1.82, 2.24) is 15.2 Å². The molecule has 0 saturated carbocycles. The predicted molar refractivity (Wildman–Crippen MR) is 75.6 cm³/mol. The fourth-order valence-corrected chi connectivity index (χ4v) is 3.46. The summed E-state index contributed by atoms with van der Waals surface area (Å²) in [7, 11) is 0. The molecule has 3 rings (SSSR count). The number of nitrogens with zero attached hydrogens (tertiary/aromatic N) is 2. The molecule has 0 aliphatic carbocycles. The number of aromatic nitrogens is 1. The molecule has 2 saturated heterocycles. The molecule has 108 valence electrons. The molecule has 5 heteroatoms. The molecule has 2 aliphatic rings. The van der Waals surface area contributed by atoms with E-state index in [1.165, 1.54) is 19.0 Å². The third kappa shape index (κ3) is 2.50. The summed E-state index contributed by atoms with van der Waals surface area (Å²) in [5, 5.41) is 13.2. The maximum atomic E-state index is 12.6. The van der Waals surface area contributed by atoms with Crippen LogP contribution in [-0.2, 0) is 0 Å². The van der Waals surface area contributed by atoms with Crippen molar-refractivity contribution in [2.24, 2.45) is 5.92 Å². The Kier molecular flexibility index (Phi) is 3.87. The SMILES string of the molecule is O=C(c1ccncc1O)N1CCCC1C1CCCNC1. The standard InChI is InChI=1S/C15H21N3O2/c19-14-10-17-7-5-12(14)15(20)18-8-2-4-13(18)11-3-1-6-16-9-11/h5,7,10-11,13,16,19H,1-4,6,8-9H2. The molecule has 2 atom stereocenters. The fraction of sp³-hybridized carbons (Fsp3) is 0.600. The van der Waals surface area contributed by atoms with Gasteiger partial charge in [-0.25, -0.2) is 0 Å². The zero-order chi connectivity index (χ0) is 13.9. The topological polar surface area (TPSA) is 65.5 Å². The Morgan fingerprint density at radius 1 is 1.40 bits per heavy atom. The molecule has 5 nitrogen and oxygen atoms in total. The summed E-state index contributed by atoms with van der Waals surface area (Å²) in [6.45, 7) is 2.88. The maximum absolute atomic E-state index is 12.6. The number of amides is 1. The zero-order valence-corrected chi connectivity index (χ0v) is 11.6. The van der Waals surface area contributed by atoms with Gasteiger partial charge in [0.05, 0.1) is 11.8 Å². The van der Waals surface area contributed by atoms with Gasteiger partial charge >= 0.3 is 0 Å². The molecule has 0 radical (unpaired) electrons. The van der Waals surface area contributed by atoms with Crippen molar-refractivity contribution < 1.29 is 9.90 Å². The normalized spacial score (nSPS) is 26.7. The van der Waals surface area contributed by atoms with E-state index in [9.17, 15) is 9.90 Å². The molecule has 3 heterocycles. The smallest absolute Gasteiger partial charge is 0.257 e. The van der Waals surface area contributed by atoms with Crippen LogP contribution in [0, 0.1) is 5.92 Å². The van der Waals surface area contributed by atoms with Crippen LogP contribution in [0.15, 0.2) is 18.5 Å². The van der Waals surface area contributed by atoms with E-state index in [-0.39, 0.29) is 11.7 Å². The van der Waals surface area contributed by atoms with Crippen LogP contribution < -0.4 is 5.32 Å².